The van der Waals surface area contributed by atoms with Gasteiger partial charge in [-0.15, -0.1) is 0 Å². The smallest absolute Gasteiger partial charge is 0.297 e. The molecule has 0 unspecified atom stereocenters. The first-order valence-corrected chi connectivity index (χ1v) is 4.72. The Labute approximate surface area is 92.7 Å². The van der Waals surface area contributed by atoms with Gasteiger partial charge in [-0.2, -0.15) is 13.2 Å². The molecule has 0 aromatic heterocycles. The number of carbonyl (C=O) groups is 1. The van der Waals surface area contributed by atoms with Gasteiger partial charge in [0.1, 0.15) is 0 Å². The molecular formula is C10H6BrF3O. The molecule has 1 rings (SSSR count). The molecule has 0 spiro atoms. The largest absolute Gasteiger partial charge is 0.416 e. The van der Waals surface area contributed by atoms with E-state index in [1.807, 2.05) is 0 Å². The summed E-state index contributed by atoms with van der Waals surface area (Å²) in [4.78, 5) is 10.3. The maximum Gasteiger partial charge on any atom is 0.416 e. The van der Waals surface area contributed by atoms with Crippen molar-refractivity contribution in [3.63, 3.8) is 0 Å². The highest BCUT2D eigenvalue weighted by molar-refractivity contribution is 9.12. The fourth-order valence-electron chi connectivity index (χ4n) is 0.998. The molecule has 0 aliphatic heterocycles. The van der Waals surface area contributed by atoms with Crippen LogP contribution in [0.5, 0.6) is 0 Å². The number of halogens is 4. The second kappa shape index (κ2) is 4.61. The molecular weight excluding hydrogens is 273 g/mol. The summed E-state index contributed by atoms with van der Waals surface area (Å²) >= 11 is 2.90. The topological polar surface area (TPSA) is 17.1 Å². The predicted octanol–water partition coefficient (Wildman–Crippen LogP) is 3.64. The minimum absolute atomic E-state index is 0.196. The molecule has 0 bridgehead atoms. The molecule has 0 heterocycles. The van der Waals surface area contributed by atoms with E-state index in [1.165, 1.54) is 18.2 Å². The van der Waals surface area contributed by atoms with Gasteiger partial charge in [-0.05, 0) is 39.7 Å². The van der Waals surface area contributed by atoms with E-state index in [4.69, 9.17) is 0 Å². The van der Waals surface area contributed by atoms with Crippen molar-refractivity contribution in [2.75, 3.05) is 0 Å². The molecule has 0 saturated carbocycles. The van der Waals surface area contributed by atoms with Gasteiger partial charge in [-0.1, -0.05) is 12.1 Å². The van der Waals surface area contributed by atoms with Crippen molar-refractivity contribution in [3.8, 4) is 0 Å². The van der Waals surface area contributed by atoms with Gasteiger partial charge in [0.2, 0.25) is 0 Å². The number of rotatable bonds is 2. The number of alkyl halides is 3. The van der Waals surface area contributed by atoms with Crippen LogP contribution >= 0.6 is 15.9 Å². The Hall–Kier alpha value is -1.10. The van der Waals surface area contributed by atoms with Crippen LogP contribution in [0.2, 0.25) is 0 Å². The van der Waals surface area contributed by atoms with Crippen molar-refractivity contribution in [2.45, 2.75) is 6.18 Å². The molecule has 80 valence electrons. The van der Waals surface area contributed by atoms with Crippen LogP contribution in [0.15, 0.2) is 28.7 Å². The minimum Gasteiger partial charge on any atom is -0.297 e. The average Bonchev–Trinajstić information content (AvgIpc) is 2.17. The van der Waals surface area contributed by atoms with Crippen LogP contribution in [0.1, 0.15) is 11.1 Å². The molecule has 15 heavy (non-hydrogen) atoms. The average molecular weight is 279 g/mol. The maximum absolute atomic E-state index is 12.3. The summed E-state index contributed by atoms with van der Waals surface area (Å²) in [6.07, 6.45) is -2.53. The van der Waals surface area contributed by atoms with Gasteiger partial charge >= 0.3 is 6.18 Å². The van der Waals surface area contributed by atoms with Gasteiger partial charge in [0, 0.05) is 0 Å². The molecule has 5 heteroatoms. The lowest BCUT2D eigenvalue weighted by Crippen LogP contribution is -2.04. The molecule has 0 aliphatic carbocycles. The van der Waals surface area contributed by atoms with Crippen LogP contribution in [-0.2, 0) is 11.0 Å². The summed E-state index contributed by atoms with van der Waals surface area (Å²) in [7, 11) is 0. The number of carbonyl (C=O) groups excluding carboxylic acids is 1. The Balaban J connectivity index is 3.09. The van der Waals surface area contributed by atoms with Crippen LogP contribution in [0, 0.1) is 0 Å². The van der Waals surface area contributed by atoms with Crippen LogP contribution < -0.4 is 0 Å². The van der Waals surface area contributed by atoms with Gasteiger partial charge in [-0.25, -0.2) is 0 Å². The second-order valence-electron chi connectivity index (χ2n) is 2.77. The SMILES string of the molecule is O=C/C(Br)=C/c1cccc(C(F)(F)F)c1. The Kier molecular flexibility index (Phi) is 3.68. The van der Waals surface area contributed by atoms with E-state index in [1.54, 1.807) is 0 Å². The second-order valence-corrected chi connectivity index (χ2v) is 3.69. The summed E-state index contributed by atoms with van der Waals surface area (Å²) < 4.78 is 37.1. The van der Waals surface area contributed by atoms with E-state index in [0.717, 1.165) is 12.1 Å². The summed E-state index contributed by atoms with van der Waals surface area (Å²) in [5.74, 6) is 0. The van der Waals surface area contributed by atoms with Crippen molar-refractivity contribution >= 4 is 28.3 Å². The van der Waals surface area contributed by atoms with Crippen molar-refractivity contribution in [1.29, 1.82) is 0 Å². The molecule has 0 radical (unpaired) electrons. The molecule has 1 aromatic rings. The summed E-state index contributed by atoms with van der Waals surface area (Å²) in [6.45, 7) is 0. The van der Waals surface area contributed by atoms with E-state index >= 15 is 0 Å². The number of hydrogen-bond acceptors (Lipinski definition) is 1. The number of allylic oxidation sites excluding steroid dienone is 1. The molecule has 0 atom stereocenters. The first-order chi connectivity index (χ1) is 6.93. The number of benzene rings is 1. The highest BCUT2D eigenvalue weighted by atomic mass is 79.9. The zero-order chi connectivity index (χ0) is 11.5. The lowest BCUT2D eigenvalue weighted by molar-refractivity contribution is -0.137. The van der Waals surface area contributed by atoms with Crippen LogP contribution in [0.4, 0.5) is 13.2 Å². The number of hydrogen-bond donors (Lipinski definition) is 0. The van der Waals surface area contributed by atoms with Gasteiger partial charge in [0.05, 0.1) is 10.0 Å². The van der Waals surface area contributed by atoms with Gasteiger partial charge in [0.25, 0.3) is 0 Å². The maximum atomic E-state index is 12.3. The molecule has 0 saturated heterocycles. The molecule has 1 nitrogen and oxygen atoms in total. The summed E-state index contributed by atoms with van der Waals surface area (Å²) in [5.41, 5.74) is -0.411. The normalized spacial score (nSPS) is 12.7. The van der Waals surface area contributed by atoms with Crippen molar-refractivity contribution in [3.05, 3.63) is 39.9 Å². The monoisotopic (exact) mass is 278 g/mol. The Bertz CT molecular complexity index is 396. The lowest BCUT2D eigenvalue weighted by atomic mass is 10.1. The predicted molar refractivity (Wildman–Crippen MR) is 54.4 cm³/mol. The van der Waals surface area contributed by atoms with Crippen LogP contribution in [0.25, 0.3) is 6.08 Å². The molecule has 0 N–H and O–H groups in total. The number of aldehydes is 1. The van der Waals surface area contributed by atoms with E-state index in [2.05, 4.69) is 15.9 Å². The van der Waals surface area contributed by atoms with Crippen molar-refractivity contribution in [2.24, 2.45) is 0 Å². The molecule has 0 fully saturated rings. The Morgan fingerprint density at radius 1 is 1.33 bits per heavy atom. The van der Waals surface area contributed by atoms with E-state index in [9.17, 15) is 18.0 Å². The standard InChI is InChI=1S/C10H6BrF3O/c11-9(6-15)5-7-2-1-3-8(4-7)10(12,13)14/h1-6H/b9-5-. The summed E-state index contributed by atoms with van der Waals surface area (Å²) in [6, 6.07) is 4.73. The third-order valence-corrected chi connectivity index (χ3v) is 2.05. The van der Waals surface area contributed by atoms with Crippen LogP contribution in [0.3, 0.4) is 0 Å². The van der Waals surface area contributed by atoms with E-state index in [-0.39, 0.29) is 4.48 Å². The van der Waals surface area contributed by atoms with Gasteiger partial charge < -0.3 is 0 Å². The molecule has 0 aliphatic rings. The summed E-state index contributed by atoms with van der Waals surface area (Å²) in [5, 5.41) is 0. The first-order valence-electron chi connectivity index (χ1n) is 3.93. The highest BCUT2D eigenvalue weighted by Gasteiger charge is 2.30. The fraction of sp³-hybridized carbons (Fsp3) is 0.100. The van der Waals surface area contributed by atoms with Crippen molar-refractivity contribution in [1.82, 2.24) is 0 Å². The quantitative estimate of drug-likeness (QED) is 0.596. The third-order valence-electron chi connectivity index (χ3n) is 1.63. The van der Waals surface area contributed by atoms with Gasteiger partial charge in [-0.3, -0.25) is 4.79 Å². The lowest BCUT2D eigenvalue weighted by Gasteiger charge is -2.06. The Morgan fingerprint density at radius 2 is 2.00 bits per heavy atom. The zero-order valence-corrected chi connectivity index (χ0v) is 8.97. The van der Waals surface area contributed by atoms with Crippen molar-refractivity contribution < 1.29 is 18.0 Å². The fourth-order valence-corrected chi connectivity index (χ4v) is 1.26. The Morgan fingerprint density at radius 3 is 2.53 bits per heavy atom. The highest BCUT2D eigenvalue weighted by Crippen LogP contribution is 2.30. The van der Waals surface area contributed by atoms with E-state index < -0.39 is 11.7 Å². The zero-order valence-electron chi connectivity index (χ0n) is 7.38. The molecule has 1 aromatic carbocycles. The first kappa shape index (κ1) is 12.0. The minimum atomic E-state index is -4.36. The molecule has 0 amide bonds. The van der Waals surface area contributed by atoms with E-state index in [0.29, 0.717) is 11.8 Å². The van der Waals surface area contributed by atoms with Gasteiger partial charge in [0.15, 0.2) is 6.29 Å². The third kappa shape index (κ3) is 3.51. The van der Waals surface area contributed by atoms with Crippen LogP contribution in [-0.4, -0.2) is 6.29 Å².